The number of Topliss-reactive ketones (excluding diaryl/α,β-unsaturated/α-hetero) is 1. The molecule has 0 unspecified atom stereocenters. The molecule has 7 heteroatoms. The highest BCUT2D eigenvalue weighted by Crippen LogP contribution is 2.39. The van der Waals surface area contributed by atoms with Gasteiger partial charge in [0, 0.05) is 0 Å². The zero-order valence-corrected chi connectivity index (χ0v) is 13.2. The van der Waals surface area contributed by atoms with Gasteiger partial charge in [-0.2, -0.15) is 0 Å². The maximum absolute atomic E-state index is 9.44. The molecule has 0 aromatic carbocycles. The van der Waals surface area contributed by atoms with Crippen LogP contribution in [0.2, 0.25) is 0 Å². The third kappa shape index (κ3) is 4.96. The highest BCUT2D eigenvalue weighted by Gasteiger charge is 2.46. The zero-order valence-electron chi connectivity index (χ0n) is 8.64. The summed E-state index contributed by atoms with van der Waals surface area (Å²) in [5.41, 5.74) is 0. The highest BCUT2D eigenvalue weighted by atomic mass is 35.5. The van der Waals surface area contributed by atoms with E-state index in [9.17, 15) is 4.79 Å². The van der Waals surface area contributed by atoms with E-state index in [-0.39, 0.29) is 5.78 Å². The molecule has 1 saturated carbocycles. The molecule has 1 fully saturated rings. The van der Waals surface area contributed by atoms with Crippen LogP contribution in [0.1, 0.15) is 13.8 Å². The Labute approximate surface area is 126 Å². The minimum atomic E-state index is -0.437. The number of carbonyl (C=O) groups excluding carboxylic acids is 1. The first kappa shape index (κ1) is 17.4. The van der Waals surface area contributed by atoms with E-state index in [2.05, 4.69) is 0 Å². The van der Waals surface area contributed by atoms with Crippen LogP contribution in [0.5, 0.6) is 0 Å². The molecule has 16 heavy (non-hydrogen) atoms. The summed E-state index contributed by atoms with van der Waals surface area (Å²) in [7, 11) is 0. The van der Waals surface area contributed by atoms with Crippen molar-refractivity contribution in [2.75, 3.05) is 0 Å². The van der Waals surface area contributed by atoms with Gasteiger partial charge in [0.2, 0.25) is 0 Å². The summed E-state index contributed by atoms with van der Waals surface area (Å²) >= 11 is 35.3. The van der Waals surface area contributed by atoms with Crippen molar-refractivity contribution in [1.82, 2.24) is 0 Å². The van der Waals surface area contributed by atoms with Gasteiger partial charge in [0.25, 0.3) is 0 Å². The monoisotopic (exact) mass is 346 g/mol. The Hall–Kier alpha value is 1.41. The Morgan fingerprint density at radius 1 is 0.625 bits per heavy atom. The fourth-order valence-corrected chi connectivity index (χ4v) is 3.38. The van der Waals surface area contributed by atoms with Gasteiger partial charge >= 0.3 is 0 Å². The lowest BCUT2D eigenvalue weighted by Crippen LogP contribution is -2.52. The summed E-state index contributed by atoms with van der Waals surface area (Å²) in [6, 6.07) is 0. The van der Waals surface area contributed by atoms with E-state index in [1.54, 1.807) is 0 Å². The van der Waals surface area contributed by atoms with Crippen LogP contribution in [0.25, 0.3) is 0 Å². The lowest BCUT2D eigenvalue weighted by molar-refractivity contribution is -0.114. The first-order chi connectivity index (χ1) is 7.20. The minimum absolute atomic E-state index is 0.167. The first-order valence-corrected chi connectivity index (χ1v) is 7.13. The molecule has 0 saturated heterocycles. The van der Waals surface area contributed by atoms with Crippen LogP contribution in [-0.4, -0.2) is 38.0 Å². The Morgan fingerprint density at radius 3 is 0.750 bits per heavy atom. The third-order valence-electron chi connectivity index (χ3n) is 1.83. The highest BCUT2D eigenvalue weighted by molar-refractivity contribution is 6.45. The normalized spacial score (nSPS) is 43.2. The number of halogens is 6. The summed E-state index contributed by atoms with van der Waals surface area (Å²) in [4.78, 5) is 9.44. The smallest absolute Gasteiger partial charge is 0.126 e. The Kier molecular flexibility index (Phi) is 8.44. The van der Waals surface area contributed by atoms with Gasteiger partial charge in [-0.15, -0.1) is 69.6 Å². The summed E-state index contributed by atoms with van der Waals surface area (Å²) in [6.45, 7) is 3.06. The van der Waals surface area contributed by atoms with E-state index < -0.39 is 32.3 Å². The number of hydrogen-bond acceptors (Lipinski definition) is 1. The van der Waals surface area contributed by atoms with Crippen molar-refractivity contribution in [1.29, 1.82) is 0 Å². The second-order valence-corrected chi connectivity index (χ2v) is 6.60. The van der Waals surface area contributed by atoms with Crippen molar-refractivity contribution in [2.45, 2.75) is 46.1 Å². The molecule has 0 aliphatic heterocycles. The molecular formula is C9H12Cl6O. The molecule has 0 bridgehead atoms. The van der Waals surface area contributed by atoms with Crippen molar-refractivity contribution in [3.05, 3.63) is 0 Å². The molecule has 0 spiro atoms. The molecule has 0 aromatic heterocycles. The standard InChI is InChI=1S/C6H6Cl6.C3H6O/c7-1-2(8)4(10)6(12)5(11)3(1)9;1-3(2)4/h1-6H;1-2H3. The fourth-order valence-electron chi connectivity index (χ4n) is 1.05. The average Bonchev–Trinajstić information content (AvgIpc) is 2.20. The van der Waals surface area contributed by atoms with E-state index in [1.165, 1.54) is 13.8 Å². The van der Waals surface area contributed by atoms with E-state index in [1.807, 2.05) is 0 Å². The first-order valence-electron chi connectivity index (χ1n) is 4.51. The van der Waals surface area contributed by atoms with Crippen LogP contribution >= 0.6 is 69.6 Å². The van der Waals surface area contributed by atoms with Crippen LogP contribution in [0.15, 0.2) is 0 Å². The Balaban J connectivity index is 0.000000487. The maximum Gasteiger partial charge on any atom is 0.126 e. The van der Waals surface area contributed by atoms with Crippen LogP contribution in [0.3, 0.4) is 0 Å². The molecule has 1 aliphatic carbocycles. The average molecular weight is 349 g/mol. The molecule has 0 radical (unpaired) electrons. The largest absolute Gasteiger partial charge is 0.300 e. The molecular weight excluding hydrogens is 337 g/mol. The maximum atomic E-state index is 9.44. The molecule has 1 aliphatic rings. The number of alkyl halides is 6. The van der Waals surface area contributed by atoms with Crippen LogP contribution in [0, 0.1) is 0 Å². The van der Waals surface area contributed by atoms with Gasteiger partial charge in [-0.25, -0.2) is 0 Å². The molecule has 1 nitrogen and oxygen atoms in total. The van der Waals surface area contributed by atoms with E-state index >= 15 is 0 Å². The molecule has 0 amide bonds. The Bertz CT molecular complexity index is 174. The molecule has 0 N–H and O–H groups in total. The number of ketones is 1. The van der Waals surface area contributed by atoms with Crippen molar-refractivity contribution in [2.24, 2.45) is 0 Å². The summed E-state index contributed by atoms with van der Waals surface area (Å²) in [5, 5.41) is -2.62. The fraction of sp³-hybridized carbons (Fsp3) is 0.889. The second-order valence-electron chi connectivity index (χ2n) is 3.57. The number of hydrogen-bond donors (Lipinski definition) is 0. The van der Waals surface area contributed by atoms with Gasteiger partial charge in [-0.1, -0.05) is 0 Å². The summed E-state index contributed by atoms with van der Waals surface area (Å²) in [5.74, 6) is 0.167. The van der Waals surface area contributed by atoms with E-state index in [0.717, 1.165) is 0 Å². The minimum Gasteiger partial charge on any atom is -0.300 e. The van der Waals surface area contributed by atoms with E-state index in [4.69, 9.17) is 69.6 Å². The quantitative estimate of drug-likeness (QED) is 0.598. The zero-order chi connectivity index (χ0) is 13.0. The van der Waals surface area contributed by atoms with Crippen molar-refractivity contribution in [3.63, 3.8) is 0 Å². The van der Waals surface area contributed by atoms with Gasteiger partial charge in [0.05, 0.1) is 32.3 Å². The van der Waals surface area contributed by atoms with Gasteiger partial charge in [0.15, 0.2) is 0 Å². The lowest BCUT2D eigenvalue weighted by Gasteiger charge is -2.37. The number of carbonyl (C=O) groups is 1. The molecule has 96 valence electrons. The third-order valence-corrected chi connectivity index (χ3v) is 5.86. The van der Waals surface area contributed by atoms with Crippen LogP contribution in [0.4, 0.5) is 0 Å². The van der Waals surface area contributed by atoms with Crippen LogP contribution in [-0.2, 0) is 4.79 Å². The van der Waals surface area contributed by atoms with Crippen molar-refractivity contribution >= 4 is 75.4 Å². The van der Waals surface area contributed by atoms with Crippen molar-refractivity contribution in [3.8, 4) is 0 Å². The van der Waals surface area contributed by atoms with Crippen molar-refractivity contribution < 1.29 is 4.79 Å². The molecule has 1 rings (SSSR count). The predicted molar refractivity (Wildman–Crippen MR) is 74.2 cm³/mol. The SMILES string of the molecule is CC(C)=O.ClC1C(Cl)C(Cl)C(Cl)C(Cl)C1Cl. The van der Waals surface area contributed by atoms with Gasteiger partial charge in [-0.05, 0) is 13.8 Å². The molecule has 0 aromatic rings. The Morgan fingerprint density at radius 2 is 0.688 bits per heavy atom. The van der Waals surface area contributed by atoms with Gasteiger partial charge in [0.1, 0.15) is 5.78 Å². The molecule has 0 heterocycles. The topological polar surface area (TPSA) is 17.1 Å². The predicted octanol–water partition coefficient (Wildman–Crippen LogP) is 4.24. The van der Waals surface area contributed by atoms with Crippen LogP contribution < -0.4 is 0 Å². The van der Waals surface area contributed by atoms with E-state index in [0.29, 0.717) is 0 Å². The van der Waals surface area contributed by atoms with Gasteiger partial charge in [-0.3, -0.25) is 0 Å². The summed E-state index contributed by atoms with van der Waals surface area (Å²) < 4.78 is 0. The second kappa shape index (κ2) is 7.76. The molecule has 0 atom stereocenters. The number of rotatable bonds is 0. The summed E-state index contributed by atoms with van der Waals surface area (Å²) in [6.07, 6.45) is 0. The lowest BCUT2D eigenvalue weighted by atomic mass is 9.97. The van der Waals surface area contributed by atoms with Gasteiger partial charge < -0.3 is 4.79 Å².